The molecule has 3 nitrogen and oxygen atoms in total. The molecule has 0 saturated heterocycles. The summed E-state index contributed by atoms with van der Waals surface area (Å²) in [5.74, 6) is 0. The number of hydrogen-bond acceptors (Lipinski definition) is 3. The number of nitrogen functional groups attached to an aromatic ring is 2. The van der Waals surface area contributed by atoms with Crippen LogP contribution in [-0.4, -0.2) is 0 Å². The zero-order valence-electron chi connectivity index (χ0n) is 12.0. The van der Waals surface area contributed by atoms with Crippen molar-refractivity contribution < 1.29 is 4.57 Å². The summed E-state index contributed by atoms with van der Waals surface area (Å²) < 4.78 is 14.0. The molecule has 0 aliphatic rings. The molecule has 0 aliphatic carbocycles. The lowest BCUT2D eigenvalue weighted by Crippen LogP contribution is -2.25. The Bertz CT molecular complexity index is 797. The van der Waals surface area contributed by atoms with Gasteiger partial charge in [-0.25, -0.2) is 0 Å². The van der Waals surface area contributed by atoms with E-state index in [1.165, 1.54) is 0 Å². The predicted molar refractivity (Wildman–Crippen MR) is 94.7 cm³/mol. The van der Waals surface area contributed by atoms with E-state index in [0.717, 1.165) is 5.30 Å². The third kappa shape index (κ3) is 2.51. The van der Waals surface area contributed by atoms with Gasteiger partial charge in [0.25, 0.3) is 0 Å². The zero-order valence-corrected chi connectivity index (χ0v) is 12.9. The van der Waals surface area contributed by atoms with Crippen molar-refractivity contribution in [2.75, 3.05) is 11.5 Å². The van der Waals surface area contributed by atoms with Gasteiger partial charge in [0.05, 0.1) is 0 Å². The van der Waals surface area contributed by atoms with Gasteiger partial charge in [0, 0.05) is 27.3 Å². The van der Waals surface area contributed by atoms with E-state index in [2.05, 4.69) is 0 Å². The van der Waals surface area contributed by atoms with Crippen LogP contribution in [0.2, 0.25) is 0 Å². The van der Waals surface area contributed by atoms with E-state index in [4.69, 9.17) is 11.5 Å². The molecule has 4 heteroatoms. The van der Waals surface area contributed by atoms with Crippen molar-refractivity contribution in [1.82, 2.24) is 0 Å². The second-order valence-electron chi connectivity index (χ2n) is 5.13. The highest BCUT2D eigenvalue weighted by Crippen LogP contribution is 2.42. The summed E-state index contributed by atoms with van der Waals surface area (Å²) in [5, 5.41) is 2.19. The van der Waals surface area contributed by atoms with Gasteiger partial charge in [0.2, 0.25) is 0 Å². The predicted octanol–water partition coefficient (Wildman–Crippen LogP) is 2.49. The Morgan fingerprint density at radius 1 is 0.591 bits per heavy atom. The van der Waals surface area contributed by atoms with Crippen LogP contribution in [0.4, 0.5) is 11.4 Å². The molecule has 3 aromatic carbocycles. The minimum atomic E-state index is -2.99. The van der Waals surface area contributed by atoms with E-state index in [1.807, 2.05) is 54.6 Å². The second-order valence-corrected chi connectivity index (χ2v) is 7.90. The lowest BCUT2D eigenvalue weighted by molar-refractivity contribution is 0.592. The Morgan fingerprint density at radius 2 is 1.05 bits per heavy atom. The quantitative estimate of drug-likeness (QED) is 0.577. The van der Waals surface area contributed by atoms with Crippen LogP contribution in [0.1, 0.15) is 0 Å². The number of rotatable bonds is 3. The molecule has 0 saturated carbocycles. The first-order valence-electron chi connectivity index (χ1n) is 6.98. The van der Waals surface area contributed by atoms with Gasteiger partial charge in [-0.05, 0) is 24.3 Å². The van der Waals surface area contributed by atoms with Crippen LogP contribution in [0.3, 0.4) is 0 Å². The topological polar surface area (TPSA) is 69.1 Å². The largest absolute Gasteiger partial charge is 0.399 e. The monoisotopic (exact) mass is 308 g/mol. The Morgan fingerprint density at radius 3 is 1.50 bits per heavy atom. The molecule has 0 aliphatic heterocycles. The summed E-state index contributed by atoms with van der Waals surface area (Å²) in [7, 11) is -2.99. The Hall–Kier alpha value is -2.51. The molecule has 0 amide bonds. The van der Waals surface area contributed by atoms with E-state index in [9.17, 15) is 4.57 Å². The average molecular weight is 308 g/mol. The molecule has 0 atom stereocenters. The van der Waals surface area contributed by atoms with Crippen LogP contribution in [0.25, 0.3) is 0 Å². The summed E-state index contributed by atoms with van der Waals surface area (Å²) in [5.41, 5.74) is 13.0. The molecule has 0 bridgehead atoms. The van der Waals surface area contributed by atoms with E-state index in [-0.39, 0.29) is 0 Å². The van der Waals surface area contributed by atoms with Crippen LogP contribution >= 0.6 is 7.14 Å². The summed E-state index contributed by atoms with van der Waals surface area (Å²) in [6.45, 7) is 0. The minimum Gasteiger partial charge on any atom is -0.399 e. The van der Waals surface area contributed by atoms with Crippen molar-refractivity contribution >= 4 is 34.4 Å². The van der Waals surface area contributed by atoms with Gasteiger partial charge in [0.15, 0.2) is 7.14 Å². The van der Waals surface area contributed by atoms with Crippen molar-refractivity contribution in [3.63, 3.8) is 0 Å². The fraction of sp³-hybridized carbons (Fsp3) is 0. The molecule has 0 aromatic heterocycles. The fourth-order valence-electron chi connectivity index (χ4n) is 2.53. The molecular formula is C18H17N2OP. The van der Waals surface area contributed by atoms with E-state index in [1.54, 1.807) is 24.3 Å². The van der Waals surface area contributed by atoms with Gasteiger partial charge in [-0.2, -0.15) is 0 Å². The Kier molecular flexibility index (Phi) is 3.74. The minimum absolute atomic E-state index is 0.595. The van der Waals surface area contributed by atoms with E-state index >= 15 is 0 Å². The summed E-state index contributed by atoms with van der Waals surface area (Å²) >= 11 is 0. The van der Waals surface area contributed by atoms with Gasteiger partial charge >= 0.3 is 0 Å². The van der Waals surface area contributed by atoms with Crippen LogP contribution in [-0.2, 0) is 4.57 Å². The molecule has 0 radical (unpaired) electrons. The first-order valence-corrected chi connectivity index (χ1v) is 8.69. The summed E-state index contributed by atoms with van der Waals surface area (Å²) in [4.78, 5) is 0. The molecule has 0 spiro atoms. The third-order valence-corrected chi connectivity index (χ3v) is 6.62. The number of nitrogens with two attached hydrogens (primary N) is 2. The highest BCUT2D eigenvalue weighted by Gasteiger charge is 2.29. The fourth-order valence-corrected chi connectivity index (χ4v) is 5.27. The van der Waals surface area contributed by atoms with Gasteiger partial charge < -0.3 is 16.0 Å². The summed E-state index contributed by atoms with van der Waals surface area (Å²) in [6.07, 6.45) is 0. The summed E-state index contributed by atoms with van der Waals surface area (Å²) in [6, 6.07) is 23.9. The molecule has 110 valence electrons. The van der Waals surface area contributed by atoms with Crippen LogP contribution in [0.15, 0.2) is 78.9 Å². The Balaban J connectivity index is 2.30. The SMILES string of the molecule is Nc1cccc(P(=O)(c2ccccc2)c2cccc(N)c2)c1. The van der Waals surface area contributed by atoms with Crippen molar-refractivity contribution in [3.05, 3.63) is 78.9 Å². The molecule has 3 rings (SSSR count). The van der Waals surface area contributed by atoms with Crippen molar-refractivity contribution in [1.29, 1.82) is 0 Å². The second kappa shape index (κ2) is 5.70. The maximum atomic E-state index is 14.0. The first-order chi connectivity index (χ1) is 10.6. The Labute approximate surface area is 130 Å². The van der Waals surface area contributed by atoms with Crippen LogP contribution in [0, 0.1) is 0 Å². The van der Waals surface area contributed by atoms with E-state index < -0.39 is 7.14 Å². The molecule has 0 heterocycles. The molecule has 3 aromatic rings. The molecule has 4 N–H and O–H groups in total. The van der Waals surface area contributed by atoms with Crippen LogP contribution in [0.5, 0.6) is 0 Å². The molecule has 0 unspecified atom stereocenters. The normalized spacial score (nSPS) is 11.3. The molecular weight excluding hydrogens is 291 g/mol. The van der Waals surface area contributed by atoms with Crippen molar-refractivity contribution in [2.45, 2.75) is 0 Å². The van der Waals surface area contributed by atoms with Crippen molar-refractivity contribution in [3.8, 4) is 0 Å². The molecule has 22 heavy (non-hydrogen) atoms. The lowest BCUT2D eigenvalue weighted by Gasteiger charge is -2.20. The van der Waals surface area contributed by atoms with Gasteiger partial charge in [0.1, 0.15) is 0 Å². The van der Waals surface area contributed by atoms with Crippen LogP contribution < -0.4 is 27.4 Å². The number of anilines is 2. The average Bonchev–Trinajstić information content (AvgIpc) is 2.55. The lowest BCUT2D eigenvalue weighted by atomic mass is 10.3. The number of benzene rings is 3. The maximum absolute atomic E-state index is 14.0. The van der Waals surface area contributed by atoms with Crippen molar-refractivity contribution in [2.24, 2.45) is 0 Å². The maximum Gasteiger partial charge on any atom is 0.171 e. The highest BCUT2D eigenvalue weighted by molar-refractivity contribution is 7.85. The third-order valence-electron chi connectivity index (χ3n) is 3.59. The number of hydrogen-bond donors (Lipinski definition) is 2. The van der Waals surface area contributed by atoms with Gasteiger partial charge in [-0.3, -0.25) is 0 Å². The van der Waals surface area contributed by atoms with Gasteiger partial charge in [-0.15, -0.1) is 0 Å². The highest BCUT2D eigenvalue weighted by atomic mass is 31.2. The van der Waals surface area contributed by atoms with Gasteiger partial charge in [-0.1, -0.05) is 54.6 Å². The molecule has 0 fully saturated rings. The zero-order chi connectivity index (χ0) is 15.6. The smallest absolute Gasteiger partial charge is 0.171 e. The first kappa shape index (κ1) is 14.4. The standard InChI is InChI=1S/C18H17N2OP/c19-14-6-4-10-17(12-14)22(21,16-8-2-1-3-9-16)18-11-5-7-15(20)13-18/h1-13H,19-20H2. The van der Waals surface area contributed by atoms with E-state index in [0.29, 0.717) is 22.0 Å².